The molecule has 0 saturated heterocycles. The van der Waals surface area contributed by atoms with Gasteiger partial charge in [0.05, 0.1) is 10.6 Å². The highest BCUT2D eigenvalue weighted by Gasteiger charge is 2.13. The average molecular weight is 314 g/mol. The molecule has 0 saturated carbocycles. The maximum Gasteiger partial charge on any atom is 0.225 e. The highest BCUT2D eigenvalue weighted by Crippen LogP contribution is 2.26. The van der Waals surface area contributed by atoms with Gasteiger partial charge in [-0.3, -0.25) is 4.79 Å². The quantitative estimate of drug-likeness (QED) is 0.716. The summed E-state index contributed by atoms with van der Waals surface area (Å²) in [6.07, 6.45) is 1.29. The Kier molecular flexibility index (Phi) is 5.36. The van der Waals surface area contributed by atoms with Gasteiger partial charge in [-0.05, 0) is 39.0 Å². The molecule has 6 nitrogen and oxygen atoms in total. The number of hydrogen-bond acceptors (Lipinski definition) is 5. The van der Waals surface area contributed by atoms with E-state index in [1.54, 1.807) is 0 Å². The van der Waals surface area contributed by atoms with Crippen molar-refractivity contribution in [3.8, 4) is 5.75 Å². The monoisotopic (exact) mass is 314 g/mol. The summed E-state index contributed by atoms with van der Waals surface area (Å²) in [5, 5.41) is 15.4. The number of carbonyl (C=O) groups is 1. The molecule has 1 aromatic rings. The summed E-state index contributed by atoms with van der Waals surface area (Å²) < 4.78 is 22.9. The van der Waals surface area contributed by atoms with E-state index in [2.05, 4.69) is 10.6 Å². The van der Waals surface area contributed by atoms with Gasteiger partial charge in [-0.2, -0.15) is 0 Å². The molecule has 1 aromatic carbocycles. The smallest absolute Gasteiger partial charge is 0.225 e. The van der Waals surface area contributed by atoms with Gasteiger partial charge in [0.15, 0.2) is 9.84 Å². The maximum atomic E-state index is 11.8. The molecule has 0 aromatic heterocycles. The van der Waals surface area contributed by atoms with E-state index in [1.165, 1.54) is 18.2 Å². The number of aromatic hydroxyl groups is 1. The van der Waals surface area contributed by atoms with Crippen molar-refractivity contribution in [3.05, 3.63) is 18.2 Å². The predicted octanol–water partition coefficient (Wildman–Crippen LogP) is 1.51. The van der Waals surface area contributed by atoms with Crippen LogP contribution in [-0.2, 0) is 14.6 Å². The largest absolute Gasteiger partial charge is 0.506 e. The molecule has 0 bridgehead atoms. The van der Waals surface area contributed by atoms with E-state index in [-0.39, 0.29) is 34.2 Å². The Morgan fingerprint density at radius 3 is 2.43 bits per heavy atom. The van der Waals surface area contributed by atoms with Crippen molar-refractivity contribution in [2.75, 3.05) is 18.1 Å². The minimum atomic E-state index is -3.39. The summed E-state index contributed by atoms with van der Waals surface area (Å²) in [5.41, 5.74) is 0.0113. The number of phenolic OH excluding ortho intramolecular Hbond substituents is 1. The van der Waals surface area contributed by atoms with Crippen LogP contribution < -0.4 is 10.6 Å². The number of phenols is 1. The van der Waals surface area contributed by atoms with E-state index in [0.29, 0.717) is 6.54 Å². The number of anilines is 1. The summed E-state index contributed by atoms with van der Waals surface area (Å²) in [6.45, 7) is 6.47. The molecule has 3 N–H and O–H groups in total. The van der Waals surface area contributed by atoms with Crippen molar-refractivity contribution >= 4 is 21.4 Å². The van der Waals surface area contributed by atoms with E-state index >= 15 is 0 Å². The van der Waals surface area contributed by atoms with Crippen LogP contribution in [0.3, 0.4) is 0 Å². The normalized spacial score (nSPS) is 12.2. The first kappa shape index (κ1) is 17.5. The fourth-order valence-corrected chi connectivity index (χ4v) is 2.26. The molecule has 0 aliphatic rings. The molecule has 0 unspecified atom stereocenters. The third-order valence-electron chi connectivity index (χ3n) is 2.68. The van der Waals surface area contributed by atoms with Crippen LogP contribution in [0.5, 0.6) is 5.75 Å². The molecule has 0 aliphatic carbocycles. The highest BCUT2D eigenvalue weighted by molar-refractivity contribution is 7.90. The van der Waals surface area contributed by atoms with Gasteiger partial charge >= 0.3 is 0 Å². The number of sulfone groups is 1. The lowest BCUT2D eigenvalue weighted by Crippen LogP contribution is -2.37. The molecule has 0 spiro atoms. The Bertz CT molecular complexity index is 618. The van der Waals surface area contributed by atoms with Crippen molar-refractivity contribution in [1.29, 1.82) is 0 Å². The van der Waals surface area contributed by atoms with Gasteiger partial charge in [-0.25, -0.2) is 8.42 Å². The second-order valence-electron chi connectivity index (χ2n) is 5.93. The van der Waals surface area contributed by atoms with E-state index < -0.39 is 9.84 Å². The molecule has 0 radical (unpaired) electrons. The lowest BCUT2D eigenvalue weighted by Gasteiger charge is -2.20. The number of carbonyl (C=O) groups excluding carboxylic acids is 1. The van der Waals surface area contributed by atoms with Crippen LogP contribution in [0.2, 0.25) is 0 Å². The first-order valence-corrected chi connectivity index (χ1v) is 8.46. The molecule has 118 valence electrons. The molecule has 0 aliphatic heterocycles. The second kappa shape index (κ2) is 6.44. The summed E-state index contributed by atoms with van der Waals surface area (Å²) in [6, 6.07) is 3.79. The van der Waals surface area contributed by atoms with E-state index in [4.69, 9.17) is 0 Å². The van der Waals surface area contributed by atoms with Gasteiger partial charge in [-0.15, -0.1) is 0 Å². The Balaban J connectivity index is 2.72. The highest BCUT2D eigenvalue weighted by atomic mass is 32.2. The Labute approximate surface area is 125 Å². The third kappa shape index (κ3) is 6.14. The van der Waals surface area contributed by atoms with E-state index in [9.17, 15) is 18.3 Å². The lowest BCUT2D eigenvalue weighted by molar-refractivity contribution is -0.116. The van der Waals surface area contributed by atoms with Crippen LogP contribution in [0.1, 0.15) is 27.2 Å². The predicted molar refractivity (Wildman–Crippen MR) is 82.2 cm³/mol. The first-order valence-electron chi connectivity index (χ1n) is 6.57. The van der Waals surface area contributed by atoms with Gasteiger partial charge in [0, 0.05) is 24.8 Å². The zero-order chi connectivity index (χ0) is 16.3. The van der Waals surface area contributed by atoms with Crippen LogP contribution >= 0.6 is 0 Å². The maximum absolute atomic E-state index is 11.8. The molecular formula is C14H22N2O4S. The van der Waals surface area contributed by atoms with Crippen LogP contribution in [0.4, 0.5) is 5.69 Å². The molecule has 0 fully saturated rings. The van der Waals surface area contributed by atoms with E-state index in [0.717, 1.165) is 6.26 Å². The van der Waals surface area contributed by atoms with Gasteiger partial charge in [0.2, 0.25) is 5.91 Å². The summed E-state index contributed by atoms with van der Waals surface area (Å²) in [4.78, 5) is 11.8. The molecular weight excluding hydrogens is 292 g/mol. The Morgan fingerprint density at radius 2 is 1.90 bits per heavy atom. The fourth-order valence-electron chi connectivity index (χ4n) is 1.61. The number of amides is 1. The second-order valence-corrected chi connectivity index (χ2v) is 7.94. The Morgan fingerprint density at radius 1 is 1.29 bits per heavy atom. The van der Waals surface area contributed by atoms with Crippen LogP contribution in [0, 0.1) is 0 Å². The molecule has 0 atom stereocenters. The number of rotatable bonds is 5. The minimum absolute atomic E-state index is 0.0448. The molecule has 7 heteroatoms. The molecule has 1 amide bonds. The average Bonchev–Trinajstić information content (AvgIpc) is 2.28. The molecule has 21 heavy (non-hydrogen) atoms. The van der Waals surface area contributed by atoms with Gasteiger partial charge in [-0.1, -0.05) is 0 Å². The Hall–Kier alpha value is -1.60. The van der Waals surface area contributed by atoms with Gasteiger partial charge < -0.3 is 15.7 Å². The molecule has 0 heterocycles. The van der Waals surface area contributed by atoms with Crippen molar-refractivity contribution < 1.29 is 18.3 Å². The third-order valence-corrected chi connectivity index (χ3v) is 3.79. The number of benzene rings is 1. The van der Waals surface area contributed by atoms with Gasteiger partial charge in [0.1, 0.15) is 5.75 Å². The standard InChI is InChI=1S/C14H22N2O4S/c1-14(2,3)15-8-7-13(18)16-11-9-10(21(4,19)20)5-6-12(11)17/h5-6,9,15,17H,7-8H2,1-4H3,(H,16,18). The zero-order valence-corrected chi connectivity index (χ0v) is 13.5. The molecule has 1 rings (SSSR count). The van der Waals surface area contributed by atoms with Crippen LogP contribution in [-0.4, -0.2) is 37.8 Å². The fraction of sp³-hybridized carbons (Fsp3) is 0.500. The minimum Gasteiger partial charge on any atom is -0.506 e. The summed E-state index contributed by atoms with van der Waals surface area (Å²) in [7, 11) is -3.39. The topological polar surface area (TPSA) is 95.5 Å². The van der Waals surface area contributed by atoms with Crippen LogP contribution in [0.15, 0.2) is 23.1 Å². The SMILES string of the molecule is CC(C)(C)NCCC(=O)Nc1cc(S(C)(=O)=O)ccc1O. The van der Waals surface area contributed by atoms with Crippen molar-refractivity contribution in [2.45, 2.75) is 37.6 Å². The zero-order valence-electron chi connectivity index (χ0n) is 12.7. The number of nitrogens with one attached hydrogen (secondary N) is 2. The van der Waals surface area contributed by atoms with Gasteiger partial charge in [0.25, 0.3) is 0 Å². The van der Waals surface area contributed by atoms with Crippen molar-refractivity contribution in [3.63, 3.8) is 0 Å². The summed E-state index contributed by atoms with van der Waals surface area (Å²) >= 11 is 0. The summed E-state index contributed by atoms with van der Waals surface area (Å²) in [5.74, 6) is -0.466. The van der Waals surface area contributed by atoms with Crippen LogP contribution in [0.25, 0.3) is 0 Å². The number of hydrogen-bond donors (Lipinski definition) is 3. The lowest BCUT2D eigenvalue weighted by atomic mass is 10.1. The van der Waals surface area contributed by atoms with Crippen molar-refractivity contribution in [2.24, 2.45) is 0 Å². The van der Waals surface area contributed by atoms with Crippen molar-refractivity contribution in [1.82, 2.24) is 5.32 Å². The van der Waals surface area contributed by atoms with E-state index in [1.807, 2.05) is 20.8 Å². The first-order chi connectivity index (χ1) is 9.49.